The number of carboxylic acids is 1. The Balaban J connectivity index is 1.29. The SMILES string of the molecule is CN(C(=O)[C@@H]1CCCN1C(=O)COc1cc(C(=O)N[C@@H](CC(=O)O)C(=O)N2CCN(C(=O)O)CC2)nn1-c1ccccc1)C1CC1. The molecule has 1 aliphatic carbocycles. The Morgan fingerprint density at radius 2 is 1.65 bits per heavy atom. The Morgan fingerprint density at radius 3 is 2.28 bits per heavy atom. The maximum absolute atomic E-state index is 13.3. The molecule has 3 N–H and O–H groups in total. The van der Waals surface area contributed by atoms with Gasteiger partial charge in [-0.2, -0.15) is 5.10 Å². The van der Waals surface area contributed by atoms with Gasteiger partial charge in [-0.05, 0) is 37.8 Å². The highest BCUT2D eigenvalue weighted by molar-refractivity contribution is 5.97. The van der Waals surface area contributed by atoms with E-state index in [1.54, 1.807) is 42.3 Å². The molecule has 2 aliphatic heterocycles. The summed E-state index contributed by atoms with van der Waals surface area (Å²) in [6, 6.07) is 8.20. The fourth-order valence-electron chi connectivity index (χ4n) is 5.69. The van der Waals surface area contributed by atoms with E-state index in [1.165, 1.54) is 20.5 Å². The Hall–Kier alpha value is -5.15. The molecular formula is C30H37N7O9. The molecule has 1 saturated carbocycles. The van der Waals surface area contributed by atoms with E-state index in [-0.39, 0.29) is 55.6 Å². The second-order valence-electron chi connectivity index (χ2n) is 11.5. The van der Waals surface area contributed by atoms with Crippen LogP contribution in [0.2, 0.25) is 0 Å². The Bertz CT molecular complexity index is 1480. The molecule has 1 aromatic carbocycles. The zero-order valence-corrected chi connectivity index (χ0v) is 25.4. The van der Waals surface area contributed by atoms with Crippen LogP contribution in [0.3, 0.4) is 0 Å². The van der Waals surface area contributed by atoms with E-state index < -0.39 is 49.0 Å². The topological polar surface area (TPSA) is 195 Å². The first kappa shape index (κ1) is 32.2. The number of piperazine rings is 1. The van der Waals surface area contributed by atoms with Crippen molar-refractivity contribution < 1.29 is 43.7 Å². The van der Waals surface area contributed by atoms with E-state index in [0.29, 0.717) is 25.1 Å². The summed E-state index contributed by atoms with van der Waals surface area (Å²) in [5.74, 6) is -3.25. The van der Waals surface area contributed by atoms with E-state index in [1.807, 2.05) is 0 Å². The normalized spacial score (nSPS) is 18.5. The van der Waals surface area contributed by atoms with Gasteiger partial charge < -0.3 is 39.9 Å². The summed E-state index contributed by atoms with van der Waals surface area (Å²) in [5.41, 5.74) is 0.323. The summed E-state index contributed by atoms with van der Waals surface area (Å²) in [6.45, 7) is 0.211. The lowest BCUT2D eigenvalue weighted by atomic mass is 10.1. The Labute approximate surface area is 264 Å². The number of likely N-dealkylation sites (N-methyl/N-ethyl adjacent to an activating group) is 1. The monoisotopic (exact) mass is 639 g/mol. The number of aliphatic carboxylic acids is 1. The summed E-state index contributed by atoms with van der Waals surface area (Å²) >= 11 is 0. The lowest BCUT2D eigenvalue weighted by Crippen LogP contribution is -2.56. The van der Waals surface area contributed by atoms with E-state index in [4.69, 9.17) is 4.74 Å². The standard InChI is InChI=1S/C30H37N7O9/c1-33(19-9-10-19)29(43)23-8-5-11-36(23)24(38)18-46-25-16-21(32-37(25)20-6-3-2-4-7-20)27(41)31-22(17-26(39)40)28(42)34-12-14-35(15-13-34)30(44)45/h2-4,6-7,16,19,22-23H,5,8-15,17-18H2,1H3,(H,31,41)(H,39,40)(H,44,45)/t22-,23-/m0/s1. The van der Waals surface area contributed by atoms with Crippen LogP contribution < -0.4 is 10.1 Å². The maximum Gasteiger partial charge on any atom is 0.407 e. The zero-order valence-electron chi connectivity index (χ0n) is 25.4. The van der Waals surface area contributed by atoms with Crippen LogP contribution >= 0.6 is 0 Å². The molecule has 0 spiro atoms. The van der Waals surface area contributed by atoms with Gasteiger partial charge in [0.2, 0.25) is 17.7 Å². The van der Waals surface area contributed by atoms with Crippen molar-refractivity contribution >= 4 is 35.7 Å². The highest BCUT2D eigenvalue weighted by atomic mass is 16.5. The van der Waals surface area contributed by atoms with Gasteiger partial charge in [-0.1, -0.05) is 18.2 Å². The predicted octanol–water partition coefficient (Wildman–Crippen LogP) is 0.258. The molecule has 5 rings (SSSR count). The molecule has 2 saturated heterocycles. The van der Waals surface area contributed by atoms with Gasteiger partial charge in [0, 0.05) is 51.9 Å². The highest BCUT2D eigenvalue weighted by Crippen LogP contribution is 2.29. The lowest BCUT2D eigenvalue weighted by molar-refractivity contribution is -0.144. The van der Waals surface area contributed by atoms with Crippen molar-refractivity contribution in [2.45, 2.75) is 50.2 Å². The number of rotatable bonds is 11. The number of aromatic nitrogens is 2. The maximum atomic E-state index is 13.3. The smallest absolute Gasteiger partial charge is 0.407 e. The molecular weight excluding hydrogens is 602 g/mol. The molecule has 0 bridgehead atoms. The number of likely N-dealkylation sites (tertiary alicyclic amines) is 1. The largest absolute Gasteiger partial charge is 0.481 e. The number of carboxylic acid groups (broad SMARTS) is 2. The summed E-state index contributed by atoms with van der Waals surface area (Å²) in [7, 11) is 1.76. The van der Waals surface area contributed by atoms with Crippen LogP contribution in [0.5, 0.6) is 5.88 Å². The molecule has 3 aliphatic rings. The number of benzene rings is 1. The van der Waals surface area contributed by atoms with Gasteiger partial charge in [-0.3, -0.25) is 24.0 Å². The summed E-state index contributed by atoms with van der Waals surface area (Å²) in [4.78, 5) is 81.3. The Kier molecular flexibility index (Phi) is 9.72. The van der Waals surface area contributed by atoms with Gasteiger partial charge in [0.05, 0.1) is 12.1 Å². The third kappa shape index (κ3) is 7.38. The van der Waals surface area contributed by atoms with Crippen LogP contribution in [0.4, 0.5) is 4.79 Å². The van der Waals surface area contributed by atoms with Crippen molar-refractivity contribution in [3.8, 4) is 11.6 Å². The molecule has 2 aromatic rings. The van der Waals surface area contributed by atoms with Gasteiger partial charge in [0.25, 0.3) is 11.8 Å². The van der Waals surface area contributed by atoms with Gasteiger partial charge in [-0.15, -0.1) is 0 Å². The highest BCUT2D eigenvalue weighted by Gasteiger charge is 2.40. The van der Waals surface area contributed by atoms with Gasteiger partial charge in [0.15, 0.2) is 12.3 Å². The molecule has 2 atom stereocenters. The van der Waals surface area contributed by atoms with Crippen LogP contribution in [0.1, 0.15) is 42.6 Å². The summed E-state index contributed by atoms with van der Waals surface area (Å²) in [5, 5.41) is 25.4. The third-order valence-corrected chi connectivity index (χ3v) is 8.40. The van der Waals surface area contributed by atoms with E-state index in [0.717, 1.165) is 17.7 Å². The lowest BCUT2D eigenvalue weighted by Gasteiger charge is -2.35. The van der Waals surface area contributed by atoms with E-state index in [9.17, 15) is 39.0 Å². The van der Waals surface area contributed by atoms with Crippen molar-refractivity contribution in [3.63, 3.8) is 0 Å². The average Bonchev–Trinajstić information content (AvgIpc) is 3.62. The Morgan fingerprint density at radius 1 is 0.978 bits per heavy atom. The van der Waals surface area contributed by atoms with Crippen molar-refractivity contribution in [1.82, 2.24) is 34.7 Å². The number of carbonyl (C=O) groups excluding carboxylic acids is 4. The predicted molar refractivity (Wildman–Crippen MR) is 159 cm³/mol. The molecule has 0 unspecified atom stereocenters. The van der Waals surface area contributed by atoms with Crippen LogP contribution in [0.15, 0.2) is 36.4 Å². The first-order valence-corrected chi connectivity index (χ1v) is 15.2. The number of ether oxygens (including phenoxy) is 1. The van der Waals surface area contributed by atoms with Crippen molar-refractivity contribution in [2.75, 3.05) is 46.4 Å². The number of hydrogen-bond donors (Lipinski definition) is 3. The summed E-state index contributed by atoms with van der Waals surface area (Å²) < 4.78 is 7.18. The fourth-order valence-corrected chi connectivity index (χ4v) is 5.69. The van der Waals surface area contributed by atoms with Crippen LogP contribution in [0, 0.1) is 0 Å². The van der Waals surface area contributed by atoms with Gasteiger partial charge in [0.1, 0.15) is 12.1 Å². The second kappa shape index (κ2) is 13.9. The first-order valence-electron chi connectivity index (χ1n) is 15.2. The van der Waals surface area contributed by atoms with Gasteiger partial charge >= 0.3 is 12.1 Å². The molecule has 1 aromatic heterocycles. The minimum absolute atomic E-state index is 0.0477. The van der Waals surface area contributed by atoms with Crippen LogP contribution in [0.25, 0.3) is 5.69 Å². The first-order chi connectivity index (χ1) is 22.0. The van der Waals surface area contributed by atoms with Crippen LogP contribution in [-0.2, 0) is 19.2 Å². The molecule has 3 heterocycles. The quantitative estimate of drug-likeness (QED) is 0.307. The molecule has 16 nitrogen and oxygen atoms in total. The molecule has 16 heteroatoms. The number of carbonyl (C=O) groups is 6. The molecule has 246 valence electrons. The molecule has 0 radical (unpaired) electrons. The number of nitrogens with zero attached hydrogens (tertiary/aromatic N) is 6. The fraction of sp³-hybridized carbons (Fsp3) is 0.500. The summed E-state index contributed by atoms with van der Waals surface area (Å²) in [6.07, 6.45) is 1.36. The number of amides is 5. The molecule has 5 amide bonds. The van der Waals surface area contributed by atoms with Crippen molar-refractivity contribution in [1.29, 1.82) is 0 Å². The molecule has 46 heavy (non-hydrogen) atoms. The minimum atomic E-state index is -1.44. The zero-order chi connectivity index (χ0) is 33.0. The second-order valence-corrected chi connectivity index (χ2v) is 11.5. The van der Waals surface area contributed by atoms with E-state index in [2.05, 4.69) is 10.4 Å². The minimum Gasteiger partial charge on any atom is -0.481 e. The van der Waals surface area contributed by atoms with Crippen molar-refractivity contribution in [2.24, 2.45) is 0 Å². The number of nitrogens with one attached hydrogen (secondary N) is 1. The molecule has 3 fully saturated rings. The average molecular weight is 640 g/mol. The van der Waals surface area contributed by atoms with Crippen LogP contribution in [-0.4, -0.2) is 140 Å². The number of hydrogen-bond acceptors (Lipinski definition) is 8. The van der Waals surface area contributed by atoms with Crippen molar-refractivity contribution in [3.05, 3.63) is 42.1 Å². The van der Waals surface area contributed by atoms with Gasteiger partial charge in [-0.25, -0.2) is 9.48 Å². The third-order valence-electron chi connectivity index (χ3n) is 8.40. The number of para-hydroxylation sites is 1. The van der Waals surface area contributed by atoms with E-state index >= 15 is 0 Å².